The number of amides is 1. The predicted molar refractivity (Wildman–Crippen MR) is 78.7 cm³/mol. The van der Waals surface area contributed by atoms with Gasteiger partial charge in [0.15, 0.2) is 5.69 Å². The Labute approximate surface area is 125 Å². The van der Waals surface area contributed by atoms with Crippen LogP contribution in [0.3, 0.4) is 0 Å². The van der Waals surface area contributed by atoms with Crippen LogP contribution in [0, 0.1) is 0 Å². The maximum atomic E-state index is 12.3. The first-order valence-corrected chi connectivity index (χ1v) is 7.60. The molecule has 0 atom stereocenters. The Morgan fingerprint density at radius 3 is 2.95 bits per heavy atom. The quantitative estimate of drug-likeness (QED) is 0.908. The molecule has 21 heavy (non-hydrogen) atoms. The maximum absolute atomic E-state index is 12.3. The summed E-state index contributed by atoms with van der Waals surface area (Å²) < 4.78 is 0. The lowest BCUT2D eigenvalue weighted by molar-refractivity contribution is 0.0691. The molecule has 0 radical (unpaired) electrons. The van der Waals surface area contributed by atoms with Gasteiger partial charge in [-0.25, -0.2) is 9.78 Å². The van der Waals surface area contributed by atoms with E-state index in [2.05, 4.69) is 16.4 Å². The van der Waals surface area contributed by atoms with Gasteiger partial charge in [0.2, 0.25) is 0 Å². The molecular formula is C15H14N2O3S. The van der Waals surface area contributed by atoms with E-state index in [4.69, 9.17) is 5.11 Å². The lowest BCUT2D eigenvalue weighted by atomic mass is 10.0. The van der Waals surface area contributed by atoms with E-state index in [1.165, 1.54) is 22.3 Å². The van der Waals surface area contributed by atoms with Gasteiger partial charge in [0.25, 0.3) is 5.91 Å². The van der Waals surface area contributed by atoms with Crippen LogP contribution in [0.15, 0.2) is 23.6 Å². The molecule has 1 aliphatic rings. The normalized spacial score (nSPS) is 13.0. The molecule has 1 aliphatic carbocycles. The zero-order valence-corrected chi connectivity index (χ0v) is 12.1. The van der Waals surface area contributed by atoms with Gasteiger partial charge in [-0.05, 0) is 36.5 Å². The second-order valence-corrected chi connectivity index (χ2v) is 5.85. The fourth-order valence-electron chi connectivity index (χ4n) is 2.57. The van der Waals surface area contributed by atoms with Crippen molar-refractivity contribution in [3.05, 3.63) is 51.0 Å². The SMILES string of the molecule is O=C(O)c1csc(CNC(=O)c2cccc3c2CCC3)n1. The smallest absolute Gasteiger partial charge is 0.355 e. The highest BCUT2D eigenvalue weighted by Crippen LogP contribution is 2.25. The van der Waals surface area contributed by atoms with Crippen LogP contribution in [0.25, 0.3) is 0 Å². The van der Waals surface area contributed by atoms with Gasteiger partial charge >= 0.3 is 5.97 Å². The maximum Gasteiger partial charge on any atom is 0.355 e. The van der Waals surface area contributed by atoms with Crippen LogP contribution in [0.2, 0.25) is 0 Å². The highest BCUT2D eigenvalue weighted by molar-refractivity contribution is 7.09. The van der Waals surface area contributed by atoms with Crippen molar-refractivity contribution in [1.29, 1.82) is 0 Å². The van der Waals surface area contributed by atoms with E-state index in [-0.39, 0.29) is 18.1 Å². The van der Waals surface area contributed by atoms with Crippen molar-refractivity contribution in [3.63, 3.8) is 0 Å². The molecule has 0 unspecified atom stereocenters. The van der Waals surface area contributed by atoms with Crippen molar-refractivity contribution >= 4 is 23.2 Å². The highest BCUT2D eigenvalue weighted by atomic mass is 32.1. The number of benzene rings is 1. The number of carboxylic acid groups (broad SMARTS) is 1. The van der Waals surface area contributed by atoms with E-state index in [0.29, 0.717) is 5.01 Å². The van der Waals surface area contributed by atoms with Gasteiger partial charge in [-0.3, -0.25) is 4.79 Å². The summed E-state index contributed by atoms with van der Waals surface area (Å²) in [5.41, 5.74) is 3.13. The number of aryl methyl sites for hydroxylation is 1. The molecule has 6 heteroatoms. The number of rotatable bonds is 4. The number of nitrogens with one attached hydrogen (secondary N) is 1. The fourth-order valence-corrected chi connectivity index (χ4v) is 3.28. The summed E-state index contributed by atoms with van der Waals surface area (Å²) in [6.45, 7) is 0.250. The number of hydrogen-bond acceptors (Lipinski definition) is 4. The third-order valence-electron chi connectivity index (χ3n) is 3.56. The first-order valence-electron chi connectivity index (χ1n) is 6.72. The summed E-state index contributed by atoms with van der Waals surface area (Å²) in [6.07, 6.45) is 3.07. The number of carbonyl (C=O) groups excluding carboxylic acids is 1. The van der Waals surface area contributed by atoms with E-state index < -0.39 is 5.97 Å². The Morgan fingerprint density at radius 1 is 1.33 bits per heavy atom. The first-order chi connectivity index (χ1) is 10.1. The molecule has 2 N–H and O–H groups in total. The molecule has 1 aromatic carbocycles. The van der Waals surface area contributed by atoms with Crippen molar-refractivity contribution in [2.24, 2.45) is 0 Å². The lowest BCUT2D eigenvalue weighted by Crippen LogP contribution is -2.24. The van der Waals surface area contributed by atoms with E-state index in [0.717, 1.165) is 30.4 Å². The van der Waals surface area contributed by atoms with Crippen molar-refractivity contribution in [1.82, 2.24) is 10.3 Å². The van der Waals surface area contributed by atoms with Gasteiger partial charge in [-0.15, -0.1) is 11.3 Å². The van der Waals surface area contributed by atoms with Crippen LogP contribution in [0.4, 0.5) is 0 Å². The molecule has 0 aliphatic heterocycles. The average molecular weight is 302 g/mol. The van der Waals surface area contributed by atoms with Gasteiger partial charge in [0, 0.05) is 10.9 Å². The van der Waals surface area contributed by atoms with Gasteiger partial charge in [-0.1, -0.05) is 12.1 Å². The van der Waals surface area contributed by atoms with Crippen molar-refractivity contribution in [2.45, 2.75) is 25.8 Å². The van der Waals surface area contributed by atoms with E-state index in [1.54, 1.807) is 0 Å². The first kappa shape index (κ1) is 13.8. The second-order valence-electron chi connectivity index (χ2n) is 4.91. The molecule has 2 aromatic rings. The number of carboxylic acids is 1. The minimum absolute atomic E-state index is 0.0184. The number of aromatic carboxylic acids is 1. The summed E-state index contributed by atoms with van der Waals surface area (Å²) >= 11 is 1.23. The van der Waals surface area contributed by atoms with Gasteiger partial charge in [-0.2, -0.15) is 0 Å². The highest BCUT2D eigenvalue weighted by Gasteiger charge is 2.18. The van der Waals surface area contributed by atoms with Gasteiger partial charge in [0.1, 0.15) is 5.01 Å². The molecule has 108 valence electrons. The average Bonchev–Trinajstić information content (AvgIpc) is 3.12. The van der Waals surface area contributed by atoms with Crippen LogP contribution in [-0.4, -0.2) is 22.0 Å². The summed E-state index contributed by atoms with van der Waals surface area (Å²) in [6, 6.07) is 5.81. The van der Waals surface area contributed by atoms with E-state index in [1.807, 2.05) is 12.1 Å². The fraction of sp³-hybridized carbons (Fsp3) is 0.267. The number of nitrogens with zero attached hydrogens (tertiary/aromatic N) is 1. The molecular weight excluding hydrogens is 288 g/mol. The van der Waals surface area contributed by atoms with E-state index >= 15 is 0 Å². The molecule has 0 saturated carbocycles. The number of hydrogen-bond donors (Lipinski definition) is 2. The molecule has 0 saturated heterocycles. The molecule has 1 aromatic heterocycles. The zero-order chi connectivity index (χ0) is 14.8. The molecule has 3 rings (SSSR count). The molecule has 0 bridgehead atoms. The Bertz CT molecular complexity index is 709. The number of carbonyl (C=O) groups is 2. The number of thiazole rings is 1. The van der Waals surface area contributed by atoms with Crippen molar-refractivity contribution in [2.75, 3.05) is 0 Å². The van der Waals surface area contributed by atoms with Crippen LogP contribution in [0.1, 0.15) is 43.4 Å². The lowest BCUT2D eigenvalue weighted by Gasteiger charge is -2.08. The Balaban J connectivity index is 1.69. The Kier molecular flexibility index (Phi) is 3.70. The Morgan fingerprint density at radius 2 is 2.19 bits per heavy atom. The number of aromatic nitrogens is 1. The standard InChI is InChI=1S/C15H14N2O3S/c18-14(11-6-2-4-9-3-1-5-10(9)11)16-7-13-17-12(8-21-13)15(19)20/h2,4,6,8H,1,3,5,7H2,(H,16,18)(H,19,20). The minimum Gasteiger partial charge on any atom is -0.476 e. The van der Waals surface area contributed by atoms with E-state index in [9.17, 15) is 9.59 Å². The molecule has 0 fully saturated rings. The molecule has 5 nitrogen and oxygen atoms in total. The summed E-state index contributed by atoms with van der Waals surface area (Å²) in [5, 5.41) is 13.7. The Hall–Kier alpha value is -2.21. The van der Waals surface area contributed by atoms with Crippen LogP contribution in [-0.2, 0) is 19.4 Å². The number of fused-ring (bicyclic) bond motifs is 1. The van der Waals surface area contributed by atoms with Crippen LogP contribution >= 0.6 is 11.3 Å². The topological polar surface area (TPSA) is 79.3 Å². The van der Waals surface area contributed by atoms with Crippen LogP contribution < -0.4 is 5.32 Å². The third-order valence-corrected chi connectivity index (χ3v) is 4.41. The largest absolute Gasteiger partial charge is 0.476 e. The second kappa shape index (κ2) is 5.65. The summed E-state index contributed by atoms with van der Waals surface area (Å²) in [4.78, 5) is 27.0. The third kappa shape index (κ3) is 2.80. The molecule has 1 heterocycles. The molecule has 1 amide bonds. The zero-order valence-electron chi connectivity index (χ0n) is 11.3. The van der Waals surface area contributed by atoms with Gasteiger partial charge < -0.3 is 10.4 Å². The van der Waals surface area contributed by atoms with Gasteiger partial charge in [0.05, 0.1) is 6.54 Å². The van der Waals surface area contributed by atoms with Crippen molar-refractivity contribution in [3.8, 4) is 0 Å². The summed E-state index contributed by atoms with van der Waals surface area (Å²) in [5.74, 6) is -1.18. The summed E-state index contributed by atoms with van der Waals surface area (Å²) in [7, 11) is 0. The monoisotopic (exact) mass is 302 g/mol. The molecule has 0 spiro atoms. The minimum atomic E-state index is -1.05. The van der Waals surface area contributed by atoms with Crippen molar-refractivity contribution < 1.29 is 14.7 Å². The van der Waals surface area contributed by atoms with Crippen LogP contribution in [0.5, 0.6) is 0 Å². The predicted octanol–water partition coefficient (Wildman–Crippen LogP) is 2.26.